The molecule has 3 aromatic rings. The van der Waals surface area contributed by atoms with Gasteiger partial charge in [0.2, 0.25) is 0 Å². The first-order valence-corrected chi connectivity index (χ1v) is 11.9. The van der Waals surface area contributed by atoms with Gasteiger partial charge in [-0.1, -0.05) is 29.8 Å². The number of carbonyl (C=O) groups excluding carboxylic acids is 1. The SMILES string of the molecule is COc1cc2cc(C(=O)N[C@H]3CCS(=O)(=O)C3)cc(-c3ccc(C)cc3)c2cc1OC. The van der Waals surface area contributed by atoms with Crippen LogP contribution in [0.25, 0.3) is 21.9 Å². The minimum absolute atomic E-state index is 0.0117. The molecule has 1 aliphatic heterocycles. The number of ether oxygens (including phenoxy) is 2. The second-order valence-corrected chi connectivity index (χ2v) is 10.1. The van der Waals surface area contributed by atoms with E-state index in [0.717, 1.165) is 27.5 Å². The molecule has 0 aliphatic carbocycles. The predicted molar refractivity (Wildman–Crippen MR) is 122 cm³/mol. The van der Waals surface area contributed by atoms with Crippen LogP contribution in [0.4, 0.5) is 0 Å². The highest BCUT2D eigenvalue weighted by molar-refractivity contribution is 7.91. The molecule has 162 valence electrons. The van der Waals surface area contributed by atoms with Gasteiger partial charge in [0, 0.05) is 11.6 Å². The van der Waals surface area contributed by atoms with Crippen molar-refractivity contribution < 1.29 is 22.7 Å². The maximum absolute atomic E-state index is 13.0. The molecule has 7 heteroatoms. The Hall–Kier alpha value is -3.06. The molecule has 0 bridgehead atoms. The molecule has 1 N–H and O–H groups in total. The molecule has 1 heterocycles. The first-order chi connectivity index (χ1) is 14.8. The fourth-order valence-corrected chi connectivity index (χ4v) is 5.64. The highest BCUT2D eigenvalue weighted by Crippen LogP contribution is 2.38. The Labute approximate surface area is 182 Å². The van der Waals surface area contributed by atoms with E-state index in [0.29, 0.717) is 23.5 Å². The topological polar surface area (TPSA) is 81.7 Å². The standard InChI is InChI=1S/C24H25NO5S/c1-15-4-6-16(7-5-15)20-11-18(24(26)25-19-8-9-31(27,28)14-19)10-17-12-22(29-2)23(30-3)13-21(17)20/h4-7,10-13,19H,8-9,14H2,1-3H3,(H,25,26)/t19-/m0/s1. The van der Waals surface area contributed by atoms with Crippen LogP contribution >= 0.6 is 0 Å². The lowest BCUT2D eigenvalue weighted by molar-refractivity contribution is 0.0941. The molecular weight excluding hydrogens is 414 g/mol. The molecule has 0 spiro atoms. The first-order valence-electron chi connectivity index (χ1n) is 10.1. The molecule has 0 aromatic heterocycles. The summed E-state index contributed by atoms with van der Waals surface area (Å²) in [5.74, 6) is 0.997. The van der Waals surface area contributed by atoms with E-state index in [9.17, 15) is 13.2 Å². The lowest BCUT2D eigenvalue weighted by Gasteiger charge is -2.16. The summed E-state index contributed by atoms with van der Waals surface area (Å²) in [6.45, 7) is 2.02. The summed E-state index contributed by atoms with van der Waals surface area (Å²) in [6.07, 6.45) is 0.442. The fourth-order valence-electron chi connectivity index (χ4n) is 3.97. The van der Waals surface area contributed by atoms with Crippen LogP contribution in [0.1, 0.15) is 22.3 Å². The molecule has 1 fully saturated rings. The second-order valence-electron chi connectivity index (χ2n) is 7.89. The summed E-state index contributed by atoms with van der Waals surface area (Å²) in [7, 11) is 0.0860. The van der Waals surface area contributed by atoms with Crippen molar-refractivity contribution in [1.29, 1.82) is 0 Å². The molecule has 31 heavy (non-hydrogen) atoms. The zero-order chi connectivity index (χ0) is 22.2. The summed E-state index contributed by atoms with van der Waals surface area (Å²) in [5, 5.41) is 4.65. The van der Waals surface area contributed by atoms with Gasteiger partial charge in [-0.3, -0.25) is 4.79 Å². The molecule has 0 unspecified atom stereocenters. The van der Waals surface area contributed by atoms with Gasteiger partial charge in [-0.05, 0) is 59.5 Å². The van der Waals surface area contributed by atoms with Gasteiger partial charge in [0.15, 0.2) is 21.3 Å². The van der Waals surface area contributed by atoms with E-state index in [-0.39, 0.29) is 23.5 Å². The second kappa shape index (κ2) is 8.23. The maximum Gasteiger partial charge on any atom is 0.251 e. The van der Waals surface area contributed by atoms with Crippen molar-refractivity contribution in [3.8, 4) is 22.6 Å². The molecular formula is C24H25NO5S. The Morgan fingerprint density at radius 3 is 2.29 bits per heavy atom. The van der Waals surface area contributed by atoms with Gasteiger partial charge >= 0.3 is 0 Å². The van der Waals surface area contributed by atoms with Crippen molar-refractivity contribution in [1.82, 2.24) is 5.32 Å². The number of hydrogen-bond donors (Lipinski definition) is 1. The summed E-state index contributed by atoms with van der Waals surface area (Å²) < 4.78 is 34.4. The van der Waals surface area contributed by atoms with Crippen molar-refractivity contribution in [2.24, 2.45) is 0 Å². The van der Waals surface area contributed by atoms with Crippen molar-refractivity contribution in [3.63, 3.8) is 0 Å². The highest BCUT2D eigenvalue weighted by Gasteiger charge is 2.29. The third kappa shape index (κ3) is 4.37. The molecule has 3 aromatic carbocycles. The molecule has 4 rings (SSSR count). The third-order valence-electron chi connectivity index (χ3n) is 5.65. The number of sulfone groups is 1. The van der Waals surface area contributed by atoms with E-state index in [4.69, 9.17) is 9.47 Å². The van der Waals surface area contributed by atoms with Gasteiger partial charge in [-0.2, -0.15) is 0 Å². The molecule has 0 saturated carbocycles. The summed E-state index contributed by atoms with van der Waals surface area (Å²) in [4.78, 5) is 13.0. The molecule has 0 radical (unpaired) electrons. The number of benzene rings is 3. The van der Waals surface area contributed by atoms with Crippen LogP contribution in [0.15, 0.2) is 48.5 Å². The number of hydrogen-bond acceptors (Lipinski definition) is 5. The minimum Gasteiger partial charge on any atom is -0.493 e. The van der Waals surface area contributed by atoms with Gasteiger partial charge in [0.25, 0.3) is 5.91 Å². The Morgan fingerprint density at radius 2 is 1.68 bits per heavy atom. The number of carbonyl (C=O) groups is 1. The van der Waals surface area contributed by atoms with Crippen molar-refractivity contribution in [2.45, 2.75) is 19.4 Å². The number of aryl methyl sites for hydroxylation is 1. The monoisotopic (exact) mass is 439 g/mol. The maximum atomic E-state index is 13.0. The lowest BCUT2D eigenvalue weighted by atomic mass is 9.94. The molecule has 1 saturated heterocycles. The Kier molecular flexibility index (Phi) is 5.62. The van der Waals surface area contributed by atoms with Gasteiger partial charge in [-0.15, -0.1) is 0 Å². The predicted octanol–water partition coefficient (Wildman–Crippen LogP) is 3.75. The zero-order valence-corrected chi connectivity index (χ0v) is 18.6. The van der Waals surface area contributed by atoms with Crippen molar-refractivity contribution in [3.05, 3.63) is 59.7 Å². The minimum atomic E-state index is -3.08. The first kappa shape index (κ1) is 21.2. The van der Waals surface area contributed by atoms with Crippen LogP contribution in [-0.4, -0.2) is 46.1 Å². The van der Waals surface area contributed by atoms with E-state index in [1.54, 1.807) is 20.3 Å². The quantitative estimate of drug-likeness (QED) is 0.655. The van der Waals surface area contributed by atoms with E-state index in [1.807, 2.05) is 49.4 Å². The Balaban J connectivity index is 1.82. The number of fused-ring (bicyclic) bond motifs is 1. The number of rotatable bonds is 5. The average molecular weight is 440 g/mol. The number of amides is 1. The average Bonchev–Trinajstić information content (AvgIpc) is 3.10. The van der Waals surface area contributed by atoms with E-state index in [1.165, 1.54) is 0 Å². The van der Waals surface area contributed by atoms with E-state index < -0.39 is 9.84 Å². The zero-order valence-electron chi connectivity index (χ0n) is 17.8. The van der Waals surface area contributed by atoms with E-state index in [2.05, 4.69) is 5.32 Å². The van der Waals surface area contributed by atoms with Crippen LogP contribution in [0.2, 0.25) is 0 Å². The Morgan fingerprint density at radius 1 is 1.00 bits per heavy atom. The molecule has 1 aliphatic rings. The van der Waals surface area contributed by atoms with Crippen LogP contribution in [0.5, 0.6) is 11.5 Å². The normalized spacial score (nSPS) is 17.5. The van der Waals surface area contributed by atoms with Crippen LogP contribution in [0, 0.1) is 6.92 Å². The number of methoxy groups -OCH3 is 2. The summed E-state index contributed by atoms with van der Waals surface area (Å²) in [5.41, 5.74) is 3.48. The smallest absolute Gasteiger partial charge is 0.251 e. The lowest BCUT2D eigenvalue weighted by Crippen LogP contribution is -2.35. The molecule has 1 amide bonds. The Bertz CT molecular complexity index is 1250. The van der Waals surface area contributed by atoms with Gasteiger partial charge in [0.1, 0.15) is 0 Å². The highest BCUT2D eigenvalue weighted by atomic mass is 32.2. The third-order valence-corrected chi connectivity index (χ3v) is 7.42. The van der Waals surface area contributed by atoms with Crippen LogP contribution < -0.4 is 14.8 Å². The van der Waals surface area contributed by atoms with Crippen molar-refractivity contribution >= 4 is 26.5 Å². The van der Waals surface area contributed by atoms with E-state index >= 15 is 0 Å². The number of nitrogens with one attached hydrogen (secondary N) is 1. The van der Waals surface area contributed by atoms with Crippen molar-refractivity contribution in [2.75, 3.05) is 25.7 Å². The fraction of sp³-hybridized carbons (Fsp3) is 0.292. The summed E-state index contributed by atoms with van der Waals surface area (Å²) in [6, 6.07) is 15.1. The molecule has 6 nitrogen and oxygen atoms in total. The summed E-state index contributed by atoms with van der Waals surface area (Å²) >= 11 is 0. The van der Waals surface area contributed by atoms with Crippen LogP contribution in [0.3, 0.4) is 0 Å². The van der Waals surface area contributed by atoms with Crippen LogP contribution in [-0.2, 0) is 9.84 Å². The van der Waals surface area contributed by atoms with Gasteiger partial charge < -0.3 is 14.8 Å². The molecule has 1 atom stereocenters. The van der Waals surface area contributed by atoms with Gasteiger partial charge in [0.05, 0.1) is 25.7 Å². The van der Waals surface area contributed by atoms with Gasteiger partial charge in [-0.25, -0.2) is 8.42 Å². The largest absolute Gasteiger partial charge is 0.493 e.